The molecule has 4 rings (SSSR count). The van der Waals surface area contributed by atoms with Gasteiger partial charge in [0.1, 0.15) is 17.4 Å². The molecule has 150 valence electrons. The number of rotatable bonds is 3. The summed E-state index contributed by atoms with van der Waals surface area (Å²) in [5, 5.41) is 10.9. The predicted molar refractivity (Wildman–Crippen MR) is 104 cm³/mol. The minimum atomic E-state index is -1.01. The van der Waals surface area contributed by atoms with Gasteiger partial charge in [-0.2, -0.15) is 0 Å². The zero-order valence-corrected chi connectivity index (χ0v) is 16.0. The van der Waals surface area contributed by atoms with Crippen molar-refractivity contribution in [2.24, 2.45) is 0 Å². The van der Waals surface area contributed by atoms with Crippen molar-refractivity contribution < 1.29 is 23.5 Å². The number of likely N-dealkylation sites (tertiary alicyclic amines) is 1. The maximum absolute atomic E-state index is 14.7. The van der Waals surface area contributed by atoms with Crippen molar-refractivity contribution in [2.75, 3.05) is 0 Å². The molecule has 0 spiro atoms. The number of halogens is 2. The molecule has 1 atom stereocenters. The molecule has 2 aliphatic rings. The molecule has 4 nitrogen and oxygen atoms in total. The number of hydrogen-bond donors (Lipinski definition) is 1. The summed E-state index contributed by atoms with van der Waals surface area (Å²) in [5.41, 5.74) is 0.521. The molecule has 1 amide bonds. The molecule has 1 aliphatic heterocycles. The number of aliphatic hydroxyl groups excluding tert-OH is 1. The molecular formula is C23H21F2NO3. The summed E-state index contributed by atoms with van der Waals surface area (Å²) < 4.78 is 28.4. The first-order chi connectivity index (χ1) is 13.9. The fourth-order valence-corrected chi connectivity index (χ4v) is 4.36. The van der Waals surface area contributed by atoms with Crippen LogP contribution < -0.4 is 0 Å². The third-order valence-corrected chi connectivity index (χ3v) is 5.83. The van der Waals surface area contributed by atoms with Crippen molar-refractivity contribution >= 4 is 17.4 Å². The molecule has 1 saturated heterocycles. The second kappa shape index (κ2) is 7.43. The van der Waals surface area contributed by atoms with Crippen LogP contribution in [0.4, 0.5) is 8.78 Å². The van der Waals surface area contributed by atoms with Crippen molar-refractivity contribution in [3.63, 3.8) is 0 Å². The number of nitrogens with zero attached hydrogens (tertiary/aromatic N) is 1. The van der Waals surface area contributed by atoms with Gasteiger partial charge in [-0.25, -0.2) is 8.78 Å². The Bertz CT molecular complexity index is 1020. The monoisotopic (exact) mass is 397 g/mol. The van der Waals surface area contributed by atoms with Crippen LogP contribution in [0.25, 0.3) is 5.76 Å². The van der Waals surface area contributed by atoms with Gasteiger partial charge in [-0.3, -0.25) is 9.59 Å². The van der Waals surface area contributed by atoms with E-state index in [2.05, 4.69) is 0 Å². The van der Waals surface area contributed by atoms with E-state index in [1.165, 1.54) is 48.2 Å². The average Bonchev–Trinajstić information content (AvgIpc) is 3.31. The van der Waals surface area contributed by atoms with Crippen LogP contribution in [-0.2, 0) is 9.59 Å². The lowest BCUT2D eigenvalue weighted by atomic mass is 9.94. The fraction of sp³-hybridized carbons (Fsp3) is 0.304. The van der Waals surface area contributed by atoms with Gasteiger partial charge in [0.05, 0.1) is 11.6 Å². The highest BCUT2D eigenvalue weighted by Crippen LogP contribution is 2.44. The van der Waals surface area contributed by atoms with Gasteiger partial charge in [0, 0.05) is 17.2 Å². The molecule has 29 heavy (non-hydrogen) atoms. The lowest BCUT2D eigenvalue weighted by Gasteiger charge is -2.31. The van der Waals surface area contributed by atoms with Crippen LogP contribution in [0.3, 0.4) is 0 Å². The third-order valence-electron chi connectivity index (χ3n) is 5.83. The number of carbonyl (C=O) groups excluding carboxylic acids is 2. The van der Waals surface area contributed by atoms with Crippen LogP contribution in [-0.4, -0.2) is 27.7 Å². The van der Waals surface area contributed by atoms with E-state index >= 15 is 0 Å². The summed E-state index contributed by atoms with van der Waals surface area (Å²) >= 11 is 0. The Balaban J connectivity index is 1.92. The topological polar surface area (TPSA) is 57.6 Å². The van der Waals surface area contributed by atoms with E-state index in [-0.39, 0.29) is 22.7 Å². The second-order valence-corrected chi connectivity index (χ2v) is 7.63. The number of Topliss-reactive ketones (excluding diaryl/α,β-unsaturated/α-hetero) is 1. The maximum Gasteiger partial charge on any atom is 0.295 e. The number of aliphatic hydroxyl groups is 1. The first-order valence-corrected chi connectivity index (χ1v) is 9.71. The first kappa shape index (κ1) is 19.3. The standard InChI is InChI=1S/C23H21F2NO3/c1-13-12-14(10-11-17(13)24)21(27)19-20(16-8-4-5-9-18(16)25)26(23(29)22(19)28)15-6-2-3-7-15/h4-5,8-12,15,20,27H,2-3,6-7H2,1H3/b21-19+. The largest absolute Gasteiger partial charge is 0.507 e. The maximum atomic E-state index is 14.7. The Hall–Kier alpha value is -3.02. The fourth-order valence-electron chi connectivity index (χ4n) is 4.36. The lowest BCUT2D eigenvalue weighted by molar-refractivity contribution is -0.141. The molecule has 2 aromatic rings. The van der Waals surface area contributed by atoms with Crippen LogP contribution in [0, 0.1) is 18.6 Å². The Morgan fingerprint density at radius 3 is 2.38 bits per heavy atom. The second-order valence-electron chi connectivity index (χ2n) is 7.63. The van der Waals surface area contributed by atoms with Gasteiger partial charge in [0.15, 0.2) is 0 Å². The molecule has 1 unspecified atom stereocenters. The van der Waals surface area contributed by atoms with E-state index in [1.54, 1.807) is 6.07 Å². The van der Waals surface area contributed by atoms with Gasteiger partial charge in [0.25, 0.3) is 11.7 Å². The molecule has 2 fully saturated rings. The van der Waals surface area contributed by atoms with Crippen molar-refractivity contribution in [2.45, 2.75) is 44.7 Å². The molecule has 6 heteroatoms. The van der Waals surface area contributed by atoms with Crippen LogP contribution >= 0.6 is 0 Å². The van der Waals surface area contributed by atoms with Crippen molar-refractivity contribution in [1.29, 1.82) is 0 Å². The van der Waals surface area contributed by atoms with Crippen LogP contribution in [0.5, 0.6) is 0 Å². The van der Waals surface area contributed by atoms with Crippen LogP contribution in [0.15, 0.2) is 48.0 Å². The van der Waals surface area contributed by atoms with Gasteiger partial charge in [-0.15, -0.1) is 0 Å². The highest BCUT2D eigenvalue weighted by Gasteiger charge is 2.49. The Kier molecular flexibility index (Phi) is 4.94. The van der Waals surface area contributed by atoms with Crippen molar-refractivity contribution in [3.8, 4) is 0 Å². The van der Waals surface area contributed by atoms with E-state index in [4.69, 9.17) is 0 Å². The molecule has 0 bridgehead atoms. The molecule has 0 aromatic heterocycles. The minimum Gasteiger partial charge on any atom is -0.507 e. The molecule has 1 N–H and O–H groups in total. The SMILES string of the molecule is Cc1cc(/C(O)=C2\C(=O)C(=O)N(C3CCCC3)C2c2ccccc2F)ccc1F. The van der Waals surface area contributed by atoms with Crippen LogP contribution in [0.2, 0.25) is 0 Å². The average molecular weight is 397 g/mol. The Morgan fingerprint density at radius 1 is 1.03 bits per heavy atom. The summed E-state index contributed by atoms with van der Waals surface area (Å²) in [6, 6.07) is 8.71. The molecule has 1 aliphatic carbocycles. The van der Waals surface area contributed by atoms with E-state index in [1.807, 2.05) is 0 Å². The van der Waals surface area contributed by atoms with E-state index < -0.39 is 35.1 Å². The van der Waals surface area contributed by atoms with Crippen molar-refractivity contribution in [1.82, 2.24) is 4.90 Å². The molecule has 2 aromatic carbocycles. The number of benzene rings is 2. The quantitative estimate of drug-likeness (QED) is 0.466. The predicted octanol–water partition coefficient (Wildman–Crippen LogP) is 4.64. The Labute approximate surface area is 167 Å². The number of ketones is 1. The van der Waals surface area contributed by atoms with E-state index in [0.717, 1.165) is 25.7 Å². The highest BCUT2D eigenvalue weighted by molar-refractivity contribution is 6.46. The van der Waals surface area contributed by atoms with E-state index in [9.17, 15) is 23.5 Å². The smallest absolute Gasteiger partial charge is 0.295 e. The normalized spacial score (nSPS) is 21.9. The third kappa shape index (κ3) is 3.22. The minimum absolute atomic E-state index is 0.155. The lowest BCUT2D eigenvalue weighted by Crippen LogP contribution is -2.38. The first-order valence-electron chi connectivity index (χ1n) is 9.71. The zero-order valence-electron chi connectivity index (χ0n) is 16.0. The molecule has 1 heterocycles. The van der Waals surface area contributed by atoms with Gasteiger partial charge in [-0.05, 0) is 49.6 Å². The van der Waals surface area contributed by atoms with Gasteiger partial charge >= 0.3 is 0 Å². The summed E-state index contributed by atoms with van der Waals surface area (Å²) in [7, 11) is 0. The number of carbonyl (C=O) groups is 2. The summed E-state index contributed by atoms with van der Waals surface area (Å²) in [6.07, 6.45) is 3.31. The number of amides is 1. The highest BCUT2D eigenvalue weighted by atomic mass is 19.1. The van der Waals surface area contributed by atoms with Gasteiger partial charge in [-0.1, -0.05) is 31.0 Å². The molecule has 1 saturated carbocycles. The summed E-state index contributed by atoms with van der Waals surface area (Å²) in [6.45, 7) is 1.54. The van der Waals surface area contributed by atoms with E-state index in [0.29, 0.717) is 5.56 Å². The summed E-state index contributed by atoms with van der Waals surface area (Å²) in [4.78, 5) is 27.3. The van der Waals surface area contributed by atoms with Gasteiger partial charge < -0.3 is 10.0 Å². The van der Waals surface area contributed by atoms with Crippen LogP contribution in [0.1, 0.15) is 48.4 Å². The molecular weight excluding hydrogens is 376 g/mol. The van der Waals surface area contributed by atoms with Crippen molar-refractivity contribution in [3.05, 3.63) is 76.4 Å². The van der Waals surface area contributed by atoms with Gasteiger partial charge in [0.2, 0.25) is 0 Å². The Morgan fingerprint density at radius 2 is 1.72 bits per heavy atom. The number of aryl methyl sites for hydroxylation is 1. The molecule has 0 radical (unpaired) electrons. The summed E-state index contributed by atoms with van der Waals surface area (Å²) in [5.74, 6) is -2.99. The zero-order chi connectivity index (χ0) is 20.7. The number of hydrogen-bond acceptors (Lipinski definition) is 3.